The summed E-state index contributed by atoms with van der Waals surface area (Å²) in [5.41, 5.74) is 6.05. The van der Waals surface area contributed by atoms with E-state index in [9.17, 15) is 0 Å². The maximum Gasteiger partial charge on any atom is 0.00999 e. The number of hydrogen-bond acceptors (Lipinski definition) is 1. The van der Waals surface area contributed by atoms with Crippen molar-refractivity contribution in [3.05, 3.63) is 12.2 Å². The Hall–Kier alpha value is -0.300. The van der Waals surface area contributed by atoms with Crippen LogP contribution in [-0.4, -0.2) is 5.54 Å². The van der Waals surface area contributed by atoms with Crippen molar-refractivity contribution < 1.29 is 0 Å². The highest BCUT2D eigenvalue weighted by Gasteiger charge is 2.37. The zero-order chi connectivity index (χ0) is 8.77. The lowest BCUT2D eigenvalue weighted by Crippen LogP contribution is -2.35. The molecule has 1 nitrogen and oxygen atoms in total. The summed E-state index contributed by atoms with van der Waals surface area (Å²) in [6.45, 7) is 4.28. The zero-order valence-electron chi connectivity index (χ0n) is 8.09. The van der Waals surface area contributed by atoms with Crippen molar-refractivity contribution in [1.82, 2.24) is 0 Å². The van der Waals surface area contributed by atoms with Crippen LogP contribution in [0.5, 0.6) is 0 Å². The average Bonchev–Trinajstić information content (AvgIpc) is 2.42. The molecule has 0 aliphatic heterocycles. The van der Waals surface area contributed by atoms with E-state index in [2.05, 4.69) is 26.0 Å². The van der Waals surface area contributed by atoms with E-state index >= 15 is 0 Å². The van der Waals surface area contributed by atoms with Crippen molar-refractivity contribution in [2.75, 3.05) is 0 Å². The molecule has 0 saturated heterocycles. The van der Waals surface area contributed by atoms with Crippen LogP contribution in [0.15, 0.2) is 12.2 Å². The summed E-state index contributed by atoms with van der Waals surface area (Å²) in [5.74, 6) is 2.63. The number of nitrogens with two attached hydrogens (primary N) is 1. The van der Waals surface area contributed by atoms with E-state index in [-0.39, 0.29) is 5.54 Å². The highest BCUT2D eigenvalue weighted by Crippen LogP contribution is 2.46. The summed E-state index contributed by atoms with van der Waals surface area (Å²) in [6, 6.07) is 0. The van der Waals surface area contributed by atoms with Crippen molar-refractivity contribution >= 4 is 0 Å². The Labute approximate surface area is 75.0 Å². The van der Waals surface area contributed by atoms with Crippen LogP contribution in [0.2, 0.25) is 0 Å². The summed E-state index contributed by atoms with van der Waals surface area (Å²) >= 11 is 0. The summed E-state index contributed by atoms with van der Waals surface area (Å²) in [5, 5.41) is 0. The number of rotatable bonds is 2. The van der Waals surface area contributed by atoms with Gasteiger partial charge in [-0.1, -0.05) is 12.2 Å². The SMILES string of the molecule is CC(C)(N)CC1CC2C=CC1C2. The molecule has 3 atom stereocenters. The highest BCUT2D eigenvalue weighted by molar-refractivity contribution is 5.10. The van der Waals surface area contributed by atoms with E-state index in [4.69, 9.17) is 5.73 Å². The molecule has 0 aromatic carbocycles. The van der Waals surface area contributed by atoms with Crippen LogP contribution in [0.1, 0.15) is 33.1 Å². The third kappa shape index (κ3) is 1.56. The van der Waals surface area contributed by atoms with E-state index < -0.39 is 0 Å². The molecule has 0 aromatic heterocycles. The first-order valence-electron chi connectivity index (χ1n) is 5.02. The molecule has 12 heavy (non-hydrogen) atoms. The van der Waals surface area contributed by atoms with Gasteiger partial charge in [0.05, 0.1) is 0 Å². The van der Waals surface area contributed by atoms with Crippen LogP contribution >= 0.6 is 0 Å². The van der Waals surface area contributed by atoms with Gasteiger partial charge in [0.1, 0.15) is 0 Å². The average molecular weight is 165 g/mol. The number of allylic oxidation sites excluding steroid dienone is 2. The lowest BCUT2D eigenvalue weighted by Gasteiger charge is -2.26. The van der Waals surface area contributed by atoms with Crippen LogP contribution < -0.4 is 5.73 Å². The molecule has 1 heteroatoms. The molecule has 2 aliphatic carbocycles. The molecule has 3 unspecified atom stereocenters. The van der Waals surface area contributed by atoms with Crippen molar-refractivity contribution in [1.29, 1.82) is 0 Å². The largest absolute Gasteiger partial charge is 0.326 e. The maximum absolute atomic E-state index is 6.02. The van der Waals surface area contributed by atoms with Gasteiger partial charge in [-0.3, -0.25) is 0 Å². The third-order valence-electron chi connectivity index (χ3n) is 3.20. The lowest BCUT2D eigenvalue weighted by atomic mass is 9.83. The molecule has 0 spiro atoms. The molecule has 1 fully saturated rings. The van der Waals surface area contributed by atoms with Crippen molar-refractivity contribution in [3.63, 3.8) is 0 Å². The van der Waals surface area contributed by atoms with Crippen LogP contribution in [0.3, 0.4) is 0 Å². The normalized spacial score (nSPS) is 39.4. The van der Waals surface area contributed by atoms with Gasteiger partial charge in [-0.05, 0) is 50.9 Å². The summed E-state index contributed by atoms with van der Waals surface area (Å²) in [6.07, 6.45) is 8.79. The first-order chi connectivity index (χ1) is 5.54. The summed E-state index contributed by atoms with van der Waals surface area (Å²) < 4.78 is 0. The fourth-order valence-electron chi connectivity index (χ4n) is 2.81. The second-order valence-electron chi connectivity index (χ2n) is 5.23. The van der Waals surface area contributed by atoms with E-state index in [0.29, 0.717) is 0 Å². The first-order valence-corrected chi connectivity index (χ1v) is 5.02. The molecular weight excluding hydrogens is 146 g/mol. The van der Waals surface area contributed by atoms with Crippen LogP contribution in [0, 0.1) is 17.8 Å². The molecule has 2 bridgehead atoms. The van der Waals surface area contributed by atoms with E-state index in [1.807, 2.05) is 0 Å². The summed E-state index contributed by atoms with van der Waals surface area (Å²) in [4.78, 5) is 0. The fourth-order valence-corrected chi connectivity index (χ4v) is 2.81. The third-order valence-corrected chi connectivity index (χ3v) is 3.20. The molecule has 2 rings (SSSR count). The van der Waals surface area contributed by atoms with Gasteiger partial charge in [-0.2, -0.15) is 0 Å². The Morgan fingerprint density at radius 2 is 2.08 bits per heavy atom. The molecule has 0 aromatic rings. The molecule has 1 saturated carbocycles. The van der Waals surface area contributed by atoms with Gasteiger partial charge in [-0.25, -0.2) is 0 Å². The minimum Gasteiger partial charge on any atom is -0.326 e. The van der Waals surface area contributed by atoms with E-state index in [1.165, 1.54) is 19.3 Å². The smallest absolute Gasteiger partial charge is 0.00999 e. The number of fused-ring (bicyclic) bond motifs is 2. The number of hydrogen-bond donors (Lipinski definition) is 1. The molecule has 68 valence electrons. The van der Waals surface area contributed by atoms with Gasteiger partial charge < -0.3 is 5.73 Å². The van der Waals surface area contributed by atoms with E-state index in [1.54, 1.807) is 0 Å². The predicted octanol–water partition coefficient (Wildman–Crippen LogP) is 2.33. The van der Waals surface area contributed by atoms with Crippen molar-refractivity contribution in [2.45, 2.75) is 38.6 Å². The molecule has 0 heterocycles. The topological polar surface area (TPSA) is 26.0 Å². The molecule has 0 amide bonds. The van der Waals surface area contributed by atoms with Gasteiger partial charge in [0.2, 0.25) is 0 Å². The highest BCUT2D eigenvalue weighted by atomic mass is 14.7. The van der Waals surface area contributed by atoms with Crippen molar-refractivity contribution in [2.24, 2.45) is 23.5 Å². The molecule has 0 radical (unpaired) electrons. The van der Waals surface area contributed by atoms with Crippen LogP contribution in [-0.2, 0) is 0 Å². The van der Waals surface area contributed by atoms with Gasteiger partial charge >= 0.3 is 0 Å². The second kappa shape index (κ2) is 2.59. The minimum absolute atomic E-state index is 0.0307. The zero-order valence-corrected chi connectivity index (χ0v) is 8.09. The monoisotopic (exact) mass is 165 g/mol. The standard InChI is InChI=1S/C11H19N/c1-11(2,12)7-10-6-8-3-4-9(10)5-8/h3-4,8-10H,5-7,12H2,1-2H3. The maximum atomic E-state index is 6.02. The van der Waals surface area contributed by atoms with E-state index in [0.717, 1.165) is 17.8 Å². The fraction of sp³-hybridized carbons (Fsp3) is 0.818. The predicted molar refractivity (Wildman–Crippen MR) is 51.7 cm³/mol. The Morgan fingerprint density at radius 1 is 1.33 bits per heavy atom. The van der Waals surface area contributed by atoms with Gasteiger partial charge in [0.25, 0.3) is 0 Å². The molecule has 2 aliphatic rings. The van der Waals surface area contributed by atoms with Crippen LogP contribution in [0.4, 0.5) is 0 Å². The lowest BCUT2D eigenvalue weighted by molar-refractivity contribution is 0.322. The quantitative estimate of drug-likeness (QED) is 0.624. The van der Waals surface area contributed by atoms with Crippen LogP contribution in [0.25, 0.3) is 0 Å². The Morgan fingerprint density at radius 3 is 2.50 bits per heavy atom. The summed E-state index contributed by atoms with van der Waals surface area (Å²) in [7, 11) is 0. The minimum atomic E-state index is 0.0307. The Bertz CT molecular complexity index is 200. The Kier molecular flexibility index (Phi) is 1.80. The van der Waals surface area contributed by atoms with Gasteiger partial charge in [0.15, 0.2) is 0 Å². The van der Waals surface area contributed by atoms with Gasteiger partial charge in [0, 0.05) is 5.54 Å². The second-order valence-corrected chi connectivity index (χ2v) is 5.23. The molecule has 2 N–H and O–H groups in total. The Balaban J connectivity index is 1.96. The first kappa shape index (κ1) is 8.31. The molecular formula is C11H19N. The van der Waals surface area contributed by atoms with Gasteiger partial charge in [-0.15, -0.1) is 0 Å². The van der Waals surface area contributed by atoms with Crippen molar-refractivity contribution in [3.8, 4) is 0 Å².